The Labute approximate surface area is 179 Å². The quantitative estimate of drug-likeness (QED) is 0.465. The van der Waals surface area contributed by atoms with Gasteiger partial charge in [0.1, 0.15) is 5.82 Å². The Morgan fingerprint density at radius 3 is 2.26 bits per heavy atom. The summed E-state index contributed by atoms with van der Waals surface area (Å²) in [6, 6.07) is 17.8. The first-order valence-corrected chi connectivity index (χ1v) is 9.61. The summed E-state index contributed by atoms with van der Waals surface area (Å²) in [5, 5.41) is 7.42. The van der Waals surface area contributed by atoms with Crippen LogP contribution in [-0.2, 0) is 9.53 Å². The molecule has 4 rings (SSSR count). The summed E-state index contributed by atoms with van der Waals surface area (Å²) in [5.41, 5.74) is 6.54. The molecule has 4 aromatic rings. The number of fused-ring (bicyclic) bond motifs is 1. The fourth-order valence-electron chi connectivity index (χ4n) is 3.11. The lowest BCUT2D eigenvalue weighted by molar-refractivity contribution is -0.134. The predicted octanol–water partition coefficient (Wildman–Crippen LogP) is 4.79. The number of pyridine rings is 1. The number of ether oxygens (including phenoxy) is 1. The molecule has 0 bridgehead atoms. The number of esters is 1. The van der Waals surface area contributed by atoms with E-state index >= 15 is 0 Å². The van der Waals surface area contributed by atoms with Crippen LogP contribution in [0.25, 0.3) is 33.7 Å². The van der Waals surface area contributed by atoms with Gasteiger partial charge in [-0.05, 0) is 32.0 Å². The number of carboxylic acid groups (broad SMARTS) is 1. The third kappa shape index (κ3) is 4.95. The van der Waals surface area contributed by atoms with E-state index in [9.17, 15) is 4.79 Å². The highest BCUT2D eigenvalue weighted by molar-refractivity contribution is 5.94. The van der Waals surface area contributed by atoms with Crippen LogP contribution in [0.1, 0.15) is 28.5 Å². The maximum Gasteiger partial charge on any atom is 0.339 e. The lowest BCUT2D eigenvalue weighted by atomic mass is 10.0. The monoisotopic (exact) mass is 417 g/mol. The number of H-pyrrole nitrogens is 1. The van der Waals surface area contributed by atoms with E-state index in [0.717, 1.165) is 34.8 Å². The van der Waals surface area contributed by atoms with E-state index in [1.54, 1.807) is 6.07 Å². The van der Waals surface area contributed by atoms with Crippen LogP contribution >= 0.6 is 0 Å². The van der Waals surface area contributed by atoms with Crippen molar-refractivity contribution in [2.24, 2.45) is 0 Å². The number of aryl methyl sites for hydroxylation is 2. The number of aromatic nitrogens is 3. The van der Waals surface area contributed by atoms with Gasteiger partial charge in [0.2, 0.25) is 0 Å². The normalized spacial score (nSPS) is 10.3. The molecule has 0 spiro atoms. The molecular weight excluding hydrogens is 394 g/mol. The van der Waals surface area contributed by atoms with Crippen molar-refractivity contribution >= 4 is 23.0 Å². The van der Waals surface area contributed by atoms with Crippen molar-refractivity contribution in [2.45, 2.75) is 20.8 Å². The van der Waals surface area contributed by atoms with Gasteiger partial charge in [-0.2, -0.15) is 0 Å². The molecule has 0 saturated carbocycles. The van der Waals surface area contributed by atoms with Gasteiger partial charge in [0.15, 0.2) is 0 Å². The van der Waals surface area contributed by atoms with Gasteiger partial charge in [0.25, 0.3) is 5.97 Å². The molecule has 2 aromatic heterocycles. The molecule has 0 amide bonds. The maximum absolute atomic E-state index is 12.2. The topological polar surface area (TPSA) is 105 Å². The van der Waals surface area contributed by atoms with Crippen LogP contribution in [0, 0.1) is 13.8 Å². The molecule has 31 heavy (non-hydrogen) atoms. The molecule has 0 aliphatic heterocycles. The Balaban J connectivity index is 0.000000628. The number of carboxylic acids is 1. The van der Waals surface area contributed by atoms with Crippen LogP contribution in [0.2, 0.25) is 0 Å². The number of carbonyl (C=O) groups excluding carboxylic acids is 1. The zero-order valence-corrected chi connectivity index (χ0v) is 17.8. The van der Waals surface area contributed by atoms with E-state index in [0.29, 0.717) is 17.1 Å². The molecule has 0 atom stereocenters. The molecule has 2 heterocycles. The zero-order valence-electron chi connectivity index (χ0n) is 17.8. The minimum atomic E-state index is -0.833. The second kappa shape index (κ2) is 9.21. The summed E-state index contributed by atoms with van der Waals surface area (Å²) in [4.78, 5) is 33.9. The number of benzene rings is 2. The molecule has 0 unspecified atom stereocenters. The third-order valence-corrected chi connectivity index (χ3v) is 4.59. The van der Waals surface area contributed by atoms with E-state index in [2.05, 4.69) is 4.98 Å². The number of rotatable bonds is 3. The van der Waals surface area contributed by atoms with Crippen LogP contribution in [0.4, 0.5) is 0 Å². The molecule has 2 N–H and O–H groups in total. The summed E-state index contributed by atoms with van der Waals surface area (Å²) in [7, 11) is 1.37. The summed E-state index contributed by atoms with van der Waals surface area (Å²) in [5.74, 6) is -0.572. The fourth-order valence-corrected chi connectivity index (χ4v) is 3.11. The van der Waals surface area contributed by atoms with Gasteiger partial charge >= 0.3 is 5.97 Å². The van der Waals surface area contributed by atoms with Crippen LogP contribution in [0.15, 0.2) is 54.6 Å². The lowest BCUT2D eigenvalue weighted by Crippen LogP contribution is -2.07. The Hall–Kier alpha value is -4.00. The second-order valence-corrected chi connectivity index (χ2v) is 7.00. The van der Waals surface area contributed by atoms with E-state index in [1.807, 2.05) is 62.4 Å². The standard InChI is InChI=1S/C22H19N3O2.C2H4O2/c1-13-8-10-15(11-9-13)20-17(12-16(14(2)23-20)22(26)27-3)21-24-18-6-4-5-7-19(18)25-21;1-2(3)4/h4-12H,1-3H3,(H,24,25);1H3,(H,3,4). The van der Waals surface area contributed by atoms with Gasteiger partial charge in [0.05, 0.1) is 35.1 Å². The molecule has 0 fully saturated rings. The van der Waals surface area contributed by atoms with Crippen LogP contribution in [0.3, 0.4) is 0 Å². The maximum atomic E-state index is 12.2. The average Bonchev–Trinajstić information content (AvgIpc) is 3.17. The van der Waals surface area contributed by atoms with Crippen molar-refractivity contribution < 1.29 is 19.4 Å². The SMILES string of the molecule is CC(=O)O.COC(=O)c1cc(-c2nc3ccccc3[nH]2)c(-c2ccc(C)cc2)nc1C. The predicted molar refractivity (Wildman–Crippen MR) is 119 cm³/mol. The van der Waals surface area contributed by atoms with Crippen LogP contribution in [0.5, 0.6) is 0 Å². The molecule has 7 nitrogen and oxygen atoms in total. The number of aromatic amines is 1. The highest BCUT2D eigenvalue weighted by Gasteiger charge is 2.19. The first-order valence-electron chi connectivity index (χ1n) is 9.61. The molecule has 158 valence electrons. The van der Waals surface area contributed by atoms with Gasteiger partial charge in [-0.3, -0.25) is 9.78 Å². The van der Waals surface area contributed by atoms with Gasteiger partial charge < -0.3 is 14.8 Å². The molecule has 0 saturated heterocycles. The van der Waals surface area contributed by atoms with E-state index in [4.69, 9.17) is 24.6 Å². The summed E-state index contributed by atoms with van der Waals surface area (Å²) >= 11 is 0. The van der Waals surface area contributed by atoms with Crippen LogP contribution in [-0.4, -0.2) is 39.1 Å². The van der Waals surface area contributed by atoms with E-state index in [-0.39, 0.29) is 0 Å². The van der Waals surface area contributed by atoms with Crippen molar-refractivity contribution in [2.75, 3.05) is 7.11 Å². The Bertz CT molecular complexity index is 1210. The minimum Gasteiger partial charge on any atom is -0.481 e. The first-order chi connectivity index (χ1) is 14.8. The van der Waals surface area contributed by atoms with Crippen molar-refractivity contribution in [3.8, 4) is 22.6 Å². The number of nitrogens with one attached hydrogen (secondary N) is 1. The molecule has 0 radical (unpaired) electrons. The largest absolute Gasteiger partial charge is 0.481 e. The second-order valence-electron chi connectivity index (χ2n) is 7.00. The highest BCUT2D eigenvalue weighted by atomic mass is 16.5. The van der Waals surface area contributed by atoms with Gasteiger partial charge in [-0.25, -0.2) is 9.78 Å². The molecule has 0 aliphatic carbocycles. The summed E-state index contributed by atoms with van der Waals surface area (Å²) in [6.07, 6.45) is 0. The van der Waals surface area contributed by atoms with Crippen molar-refractivity contribution in [1.29, 1.82) is 0 Å². The van der Waals surface area contributed by atoms with Gasteiger partial charge in [-0.15, -0.1) is 0 Å². The molecular formula is C24H23N3O4. The number of hydrogen-bond donors (Lipinski definition) is 2. The van der Waals surface area contributed by atoms with Gasteiger partial charge in [-0.1, -0.05) is 42.0 Å². The Kier molecular flexibility index (Phi) is 6.45. The molecule has 2 aromatic carbocycles. The lowest BCUT2D eigenvalue weighted by Gasteiger charge is -2.12. The van der Waals surface area contributed by atoms with E-state index < -0.39 is 11.9 Å². The van der Waals surface area contributed by atoms with E-state index in [1.165, 1.54) is 12.7 Å². The van der Waals surface area contributed by atoms with Crippen molar-refractivity contribution in [3.63, 3.8) is 0 Å². The van der Waals surface area contributed by atoms with Crippen molar-refractivity contribution in [1.82, 2.24) is 15.0 Å². The highest BCUT2D eigenvalue weighted by Crippen LogP contribution is 2.32. The average molecular weight is 417 g/mol. The van der Waals surface area contributed by atoms with Crippen LogP contribution < -0.4 is 0 Å². The number of para-hydroxylation sites is 2. The van der Waals surface area contributed by atoms with Gasteiger partial charge in [0, 0.05) is 18.1 Å². The zero-order chi connectivity index (χ0) is 22.5. The number of carbonyl (C=O) groups is 2. The Morgan fingerprint density at radius 2 is 1.65 bits per heavy atom. The smallest absolute Gasteiger partial charge is 0.339 e. The number of aliphatic carboxylic acids is 1. The third-order valence-electron chi connectivity index (χ3n) is 4.59. The number of imidazole rings is 1. The number of methoxy groups -OCH3 is 1. The molecule has 0 aliphatic rings. The first kappa shape index (κ1) is 21.7. The molecule has 7 heteroatoms. The number of hydrogen-bond acceptors (Lipinski definition) is 5. The number of nitrogens with zero attached hydrogens (tertiary/aromatic N) is 2. The Morgan fingerprint density at radius 1 is 1.00 bits per heavy atom. The fraction of sp³-hybridized carbons (Fsp3) is 0.167. The summed E-state index contributed by atoms with van der Waals surface area (Å²) < 4.78 is 4.92. The minimum absolute atomic E-state index is 0.409. The van der Waals surface area contributed by atoms with Crippen molar-refractivity contribution in [3.05, 3.63) is 71.4 Å². The summed E-state index contributed by atoms with van der Waals surface area (Å²) in [6.45, 7) is 4.94.